The summed E-state index contributed by atoms with van der Waals surface area (Å²) in [6.45, 7) is 5.22. The molecule has 0 aromatic rings. The van der Waals surface area contributed by atoms with Gasteiger partial charge < -0.3 is 0 Å². The smallest absolute Gasteiger partial charge is 0.187 e. The Labute approximate surface area is 85.8 Å². The summed E-state index contributed by atoms with van der Waals surface area (Å²) in [5.41, 5.74) is 0. The molecule has 0 fully saturated rings. The van der Waals surface area contributed by atoms with Crippen LogP contribution in [0.5, 0.6) is 0 Å². The van der Waals surface area contributed by atoms with Gasteiger partial charge in [-0.3, -0.25) is 5.01 Å². The van der Waals surface area contributed by atoms with Gasteiger partial charge in [0.05, 0.1) is 0 Å². The topological polar surface area (TPSA) is 42.6 Å². The van der Waals surface area contributed by atoms with Crippen LogP contribution in [0.25, 0.3) is 0 Å². The molecule has 0 aromatic carbocycles. The molecule has 78 valence electrons. The number of nitriles is 1. The van der Waals surface area contributed by atoms with Crippen LogP contribution < -0.4 is 0 Å². The fourth-order valence-electron chi connectivity index (χ4n) is 1.62. The van der Waals surface area contributed by atoms with E-state index in [1.54, 1.807) is 11.2 Å². The van der Waals surface area contributed by atoms with Gasteiger partial charge in [0.25, 0.3) is 0 Å². The third-order valence-electron chi connectivity index (χ3n) is 2.37. The summed E-state index contributed by atoms with van der Waals surface area (Å²) in [7, 11) is 0. The van der Waals surface area contributed by atoms with E-state index in [0.29, 0.717) is 0 Å². The highest BCUT2D eigenvalue weighted by atomic mass is 15.6. The first-order valence-corrected chi connectivity index (χ1v) is 5.32. The Kier molecular flexibility index (Phi) is 4.24. The standard InChI is InChI=1S/C10H18N4/c1-3-5-6-10-13(8-11)9-12-14(10)7-4-2/h9-10H,3-7H2,1-2H3. The summed E-state index contributed by atoms with van der Waals surface area (Å²) in [6.07, 6.45) is 8.35. The predicted molar refractivity (Wildman–Crippen MR) is 56.3 cm³/mol. The van der Waals surface area contributed by atoms with Gasteiger partial charge in [-0.2, -0.15) is 10.4 Å². The molecule has 0 aliphatic carbocycles. The molecule has 0 saturated heterocycles. The van der Waals surface area contributed by atoms with Gasteiger partial charge >= 0.3 is 0 Å². The van der Waals surface area contributed by atoms with Crippen molar-refractivity contribution in [2.24, 2.45) is 5.10 Å². The van der Waals surface area contributed by atoms with Crippen molar-refractivity contribution in [2.75, 3.05) is 6.54 Å². The van der Waals surface area contributed by atoms with E-state index in [1.807, 2.05) is 5.01 Å². The van der Waals surface area contributed by atoms with Crippen LogP contribution in [0.15, 0.2) is 5.10 Å². The second-order valence-corrected chi connectivity index (χ2v) is 3.52. The van der Waals surface area contributed by atoms with Gasteiger partial charge in [0, 0.05) is 6.54 Å². The first-order chi connectivity index (χ1) is 6.83. The van der Waals surface area contributed by atoms with Crippen LogP contribution in [-0.2, 0) is 0 Å². The molecule has 0 N–H and O–H groups in total. The number of nitrogens with zero attached hydrogens (tertiary/aromatic N) is 4. The second kappa shape index (κ2) is 5.48. The average molecular weight is 194 g/mol. The molecule has 0 amide bonds. The lowest BCUT2D eigenvalue weighted by Crippen LogP contribution is -2.37. The van der Waals surface area contributed by atoms with Crippen LogP contribution in [0.3, 0.4) is 0 Å². The average Bonchev–Trinajstić information content (AvgIpc) is 2.58. The van der Waals surface area contributed by atoms with Crippen LogP contribution >= 0.6 is 0 Å². The third kappa shape index (κ3) is 2.38. The van der Waals surface area contributed by atoms with Crippen molar-refractivity contribution in [3.8, 4) is 6.19 Å². The molecule has 0 saturated carbocycles. The van der Waals surface area contributed by atoms with Gasteiger partial charge in [0.15, 0.2) is 6.19 Å². The quantitative estimate of drug-likeness (QED) is 0.628. The molecule has 1 rings (SSSR count). The van der Waals surface area contributed by atoms with Gasteiger partial charge in [-0.1, -0.05) is 20.3 Å². The van der Waals surface area contributed by atoms with Crippen molar-refractivity contribution in [1.82, 2.24) is 9.91 Å². The van der Waals surface area contributed by atoms with Crippen molar-refractivity contribution in [3.63, 3.8) is 0 Å². The van der Waals surface area contributed by atoms with Crippen molar-refractivity contribution in [3.05, 3.63) is 0 Å². The first kappa shape index (κ1) is 10.8. The maximum atomic E-state index is 8.88. The van der Waals surface area contributed by atoms with Gasteiger partial charge in [-0.15, -0.1) is 0 Å². The monoisotopic (exact) mass is 194 g/mol. The summed E-state index contributed by atoms with van der Waals surface area (Å²) in [5, 5.41) is 15.1. The number of hydrogen-bond donors (Lipinski definition) is 0. The molecule has 0 spiro atoms. The molecule has 4 heteroatoms. The van der Waals surface area contributed by atoms with Crippen molar-refractivity contribution >= 4 is 6.34 Å². The largest absolute Gasteiger partial charge is 0.272 e. The van der Waals surface area contributed by atoms with E-state index < -0.39 is 0 Å². The molecule has 1 unspecified atom stereocenters. The molecular formula is C10H18N4. The molecule has 14 heavy (non-hydrogen) atoms. The van der Waals surface area contributed by atoms with Gasteiger partial charge in [-0.05, 0) is 19.3 Å². The van der Waals surface area contributed by atoms with E-state index >= 15 is 0 Å². The first-order valence-electron chi connectivity index (χ1n) is 5.32. The Hall–Kier alpha value is -1.24. The minimum absolute atomic E-state index is 0.167. The van der Waals surface area contributed by atoms with Crippen molar-refractivity contribution in [2.45, 2.75) is 45.7 Å². The van der Waals surface area contributed by atoms with E-state index in [2.05, 4.69) is 25.1 Å². The lowest BCUT2D eigenvalue weighted by Gasteiger charge is -2.25. The molecule has 4 nitrogen and oxygen atoms in total. The Morgan fingerprint density at radius 1 is 1.43 bits per heavy atom. The normalized spacial score (nSPS) is 20.2. The van der Waals surface area contributed by atoms with Crippen LogP contribution in [0.1, 0.15) is 39.5 Å². The van der Waals surface area contributed by atoms with Crippen LogP contribution in [0.4, 0.5) is 0 Å². The molecule has 0 radical (unpaired) electrons. The zero-order valence-electron chi connectivity index (χ0n) is 8.98. The Bertz CT molecular complexity index is 231. The Morgan fingerprint density at radius 3 is 2.79 bits per heavy atom. The summed E-state index contributed by atoms with van der Waals surface area (Å²) >= 11 is 0. The highest BCUT2D eigenvalue weighted by Crippen LogP contribution is 2.17. The summed E-state index contributed by atoms with van der Waals surface area (Å²) in [4.78, 5) is 1.64. The zero-order valence-corrected chi connectivity index (χ0v) is 8.98. The molecule has 1 aliphatic rings. The maximum absolute atomic E-state index is 8.88. The highest BCUT2D eigenvalue weighted by molar-refractivity contribution is 5.59. The van der Waals surface area contributed by atoms with Crippen molar-refractivity contribution < 1.29 is 0 Å². The number of unbranched alkanes of at least 4 members (excludes halogenated alkanes) is 1. The summed E-state index contributed by atoms with van der Waals surface area (Å²) in [5.74, 6) is 0. The third-order valence-corrected chi connectivity index (χ3v) is 2.37. The van der Waals surface area contributed by atoms with E-state index in [0.717, 1.165) is 32.2 Å². The molecule has 0 bridgehead atoms. The molecule has 1 aliphatic heterocycles. The zero-order chi connectivity index (χ0) is 10.4. The number of hydrogen-bond acceptors (Lipinski definition) is 4. The van der Waals surface area contributed by atoms with Gasteiger partial charge in [0.2, 0.25) is 0 Å². The van der Waals surface area contributed by atoms with E-state index in [1.165, 1.54) is 0 Å². The minimum atomic E-state index is 0.167. The Morgan fingerprint density at radius 2 is 2.21 bits per heavy atom. The van der Waals surface area contributed by atoms with Crippen LogP contribution in [0.2, 0.25) is 0 Å². The molecule has 1 heterocycles. The Balaban J connectivity index is 2.51. The van der Waals surface area contributed by atoms with E-state index in [9.17, 15) is 0 Å². The lowest BCUT2D eigenvalue weighted by molar-refractivity contribution is 0.150. The van der Waals surface area contributed by atoms with Crippen LogP contribution in [0, 0.1) is 11.5 Å². The van der Waals surface area contributed by atoms with Crippen molar-refractivity contribution in [1.29, 1.82) is 5.26 Å². The maximum Gasteiger partial charge on any atom is 0.187 e. The molecule has 1 atom stereocenters. The highest BCUT2D eigenvalue weighted by Gasteiger charge is 2.26. The molecular weight excluding hydrogens is 176 g/mol. The second-order valence-electron chi connectivity index (χ2n) is 3.52. The molecule has 0 aromatic heterocycles. The fourth-order valence-corrected chi connectivity index (χ4v) is 1.62. The minimum Gasteiger partial charge on any atom is -0.272 e. The van der Waals surface area contributed by atoms with Gasteiger partial charge in [0.1, 0.15) is 12.5 Å². The summed E-state index contributed by atoms with van der Waals surface area (Å²) < 4.78 is 0. The fraction of sp³-hybridized carbons (Fsp3) is 0.800. The van der Waals surface area contributed by atoms with Crippen LogP contribution in [-0.4, -0.2) is 29.0 Å². The van der Waals surface area contributed by atoms with E-state index in [4.69, 9.17) is 5.26 Å². The lowest BCUT2D eigenvalue weighted by atomic mass is 10.2. The number of hydrazone groups is 1. The number of rotatable bonds is 5. The van der Waals surface area contributed by atoms with Gasteiger partial charge in [-0.25, -0.2) is 4.90 Å². The van der Waals surface area contributed by atoms with E-state index in [-0.39, 0.29) is 6.17 Å². The summed E-state index contributed by atoms with van der Waals surface area (Å²) in [6, 6.07) is 0. The predicted octanol–water partition coefficient (Wildman–Crippen LogP) is 1.95. The SMILES string of the molecule is CCCCC1N(C#N)C=NN1CCC.